The topological polar surface area (TPSA) is 12.9 Å². The molecule has 0 saturated carbocycles. The second-order valence-electron chi connectivity index (χ2n) is 2.87. The van der Waals surface area contributed by atoms with Crippen molar-refractivity contribution >= 4 is 34.3 Å². The lowest BCUT2D eigenvalue weighted by atomic mass is 10.2. The third-order valence-electron chi connectivity index (χ3n) is 1.93. The molecule has 0 amide bonds. The Labute approximate surface area is 92.5 Å². The van der Waals surface area contributed by atoms with Crippen LogP contribution < -0.4 is 0 Å². The molecular formula is C11H10ClNS. The van der Waals surface area contributed by atoms with Crippen LogP contribution in [0.5, 0.6) is 0 Å². The Hall–Kier alpha value is -0.730. The van der Waals surface area contributed by atoms with Crippen LogP contribution in [0.15, 0.2) is 41.4 Å². The first-order chi connectivity index (χ1) is 6.92. The van der Waals surface area contributed by atoms with Crippen LogP contribution in [0.2, 0.25) is 0 Å². The molecule has 0 aliphatic carbocycles. The van der Waals surface area contributed by atoms with Gasteiger partial charge in [0.2, 0.25) is 0 Å². The minimum absolute atomic E-state index is 0.674. The van der Waals surface area contributed by atoms with E-state index in [0.717, 1.165) is 11.3 Å². The van der Waals surface area contributed by atoms with Crippen molar-refractivity contribution in [1.82, 2.24) is 4.98 Å². The molecule has 1 aromatic carbocycles. The Morgan fingerprint density at radius 2 is 2.07 bits per heavy atom. The SMILES string of the molecule is ClCCSc1cccc2cccnc12. The van der Waals surface area contributed by atoms with Gasteiger partial charge in [0.15, 0.2) is 0 Å². The van der Waals surface area contributed by atoms with Crippen LogP contribution in [-0.2, 0) is 0 Å². The molecule has 0 bridgehead atoms. The van der Waals surface area contributed by atoms with Crippen molar-refractivity contribution in [2.45, 2.75) is 4.90 Å². The van der Waals surface area contributed by atoms with Gasteiger partial charge < -0.3 is 0 Å². The van der Waals surface area contributed by atoms with E-state index in [1.807, 2.05) is 12.3 Å². The molecule has 0 unspecified atom stereocenters. The molecule has 0 fully saturated rings. The molecule has 3 heteroatoms. The van der Waals surface area contributed by atoms with E-state index in [1.165, 1.54) is 10.3 Å². The van der Waals surface area contributed by atoms with Crippen LogP contribution in [-0.4, -0.2) is 16.6 Å². The van der Waals surface area contributed by atoms with Crippen LogP contribution in [0.25, 0.3) is 10.9 Å². The predicted octanol–water partition coefficient (Wildman–Crippen LogP) is 3.57. The summed E-state index contributed by atoms with van der Waals surface area (Å²) in [6.45, 7) is 0. The Balaban J connectivity index is 2.43. The van der Waals surface area contributed by atoms with Gasteiger partial charge in [0.25, 0.3) is 0 Å². The first-order valence-corrected chi connectivity index (χ1v) is 5.96. The highest BCUT2D eigenvalue weighted by Crippen LogP contribution is 2.25. The number of alkyl halides is 1. The molecule has 0 spiro atoms. The van der Waals surface area contributed by atoms with Gasteiger partial charge in [0.1, 0.15) is 0 Å². The summed E-state index contributed by atoms with van der Waals surface area (Å²) < 4.78 is 0. The smallest absolute Gasteiger partial charge is 0.0837 e. The van der Waals surface area contributed by atoms with Gasteiger partial charge in [-0.15, -0.1) is 23.4 Å². The van der Waals surface area contributed by atoms with Crippen LogP contribution in [0.3, 0.4) is 0 Å². The van der Waals surface area contributed by atoms with E-state index in [2.05, 4.69) is 29.2 Å². The van der Waals surface area contributed by atoms with Crippen LogP contribution >= 0.6 is 23.4 Å². The maximum Gasteiger partial charge on any atom is 0.0837 e. The van der Waals surface area contributed by atoms with Crippen molar-refractivity contribution in [3.63, 3.8) is 0 Å². The van der Waals surface area contributed by atoms with Gasteiger partial charge in [-0.1, -0.05) is 18.2 Å². The first-order valence-electron chi connectivity index (χ1n) is 4.44. The molecular weight excluding hydrogens is 214 g/mol. The van der Waals surface area contributed by atoms with E-state index < -0.39 is 0 Å². The van der Waals surface area contributed by atoms with E-state index in [-0.39, 0.29) is 0 Å². The van der Waals surface area contributed by atoms with E-state index in [0.29, 0.717) is 5.88 Å². The zero-order chi connectivity index (χ0) is 9.80. The van der Waals surface area contributed by atoms with Gasteiger partial charge in [-0.2, -0.15) is 0 Å². The summed E-state index contributed by atoms with van der Waals surface area (Å²) >= 11 is 7.42. The lowest BCUT2D eigenvalue weighted by Crippen LogP contribution is -1.84. The molecule has 0 aliphatic heterocycles. The molecule has 0 N–H and O–H groups in total. The van der Waals surface area contributed by atoms with E-state index in [4.69, 9.17) is 11.6 Å². The monoisotopic (exact) mass is 223 g/mol. The number of pyridine rings is 1. The summed E-state index contributed by atoms with van der Waals surface area (Å²) in [4.78, 5) is 5.58. The summed E-state index contributed by atoms with van der Waals surface area (Å²) in [5, 5.41) is 1.19. The number of hydrogen-bond donors (Lipinski definition) is 0. The zero-order valence-electron chi connectivity index (χ0n) is 7.61. The van der Waals surface area contributed by atoms with Crippen molar-refractivity contribution in [3.8, 4) is 0 Å². The molecule has 14 heavy (non-hydrogen) atoms. The number of para-hydroxylation sites is 1. The number of fused-ring (bicyclic) bond motifs is 1. The Morgan fingerprint density at radius 3 is 2.93 bits per heavy atom. The van der Waals surface area contributed by atoms with Gasteiger partial charge in [0, 0.05) is 28.1 Å². The first kappa shape index (κ1) is 9.81. The van der Waals surface area contributed by atoms with E-state index in [9.17, 15) is 0 Å². The molecule has 0 atom stereocenters. The summed E-state index contributed by atoms with van der Waals surface area (Å²) in [6.07, 6.45) is 1.83. The number of hydrogen-bond acceptors (Lipinski definition) is 2. The standard InChI is InChI=1S/C11H10ClNS/c12-6-8-14-10-5-1-3-9-4-2-7-13-11(9)10/h1-5,7H,6,8H2. The molecule has 1 aromatic heterocycles. The third kappa shape index (κ3) is 2.02. The fraction of sp³-hybridized carbons (Fsp3) is 0.182. The van der Waals surface area contributed by atoms with Gasteiger partial charge in [0.05, 0.1) is 5.52 Å². The molecule has 72 valence electrons. The Bertz CT molecular complexity index is 425. The number of aromatic nitrogens is 1. The zero-order valence-corrected chi connectivity index (χ0v) is 9.18. The normalized spacial score (nSPS) is 10.6. The fourth-order valence-electron chi connectivity index (χ4n) is 1.34. The average molecular weight is 224 g/mol. The minimum atomic E-state index is 0.674. The number of rotatable bonds is 3. The molecule has 2 aromatic rings. The van der Waals surface area contributed by atoms with Crippen molar-refractivity contribution in [3.05, 3.63) is 36.5 Å². The maximum absolute atomic E-state index is 5.66. The lowest BCUT2D eigenvalue weighted by molar-refractivity contribution is 1.35. The highest BCUT2D eigenvalue weighted by molar-refractivity contribution is 7.99. The lowest BCUT2D eigenvalue weighted by Gasteiger charge is -2.03. The second kappa shape index (κ2) is 4.67. The number of thioether (sulfide) groups is 1. The summed E-state index contributed by atoms with van der Waals surface area (Å²) in [5.74, 6) is 1.60. The van der Waals surface area contributed by atoms with Crippen molar-refractivity contribution in [2.75, 3.05) is 11.6 Å². The summed E-state index contributed by atoms with van der Waals surface area (Å²) in [5.41, 5.74) is 1.07. The number of nitrogens with zero attached hydrogens (tertiary/aromatic N) is 1. The van der Waals surface area contributed by atoms with Crippen molar-refractivity contribution in [1.29, 1.82) is 0 Å². The average Bonchev–Trinajstić information content (AvgIpc) is 2.26. The quantitative estimate of drug-likeness (QED) is 0.583. The van der Waals surface area contributed by atoms with Crippen LogP contribution in [0, 0.1) is 0 Å². The molecule has 1 nitrogen and oxygen atoms in total. The summed E-state index contributed by atoms with van der Waals surface area (Å²) in [6, 6.07) is 10.3. The third-order valence-corrected chi connectivity index (χ3v) is 3.39. The maximum atomic E-state index is 5.66. The second-order valence-corrected chi connectivity index (χ2v) is 4.38. The van der Waals surface area contributed by atoms with E-state index in [1.54, 1.807) is 11.8 Å². The molecule has 0 saturated heterocycles. The Kier molecular flexibility index (Phi) is 3.27. The number of halogens is 1. The summed E-state index contributed by atoms with van der Waals surface area (Å²) in [7, 11) is 0. The highest BCUT2D eigenvalue weighted by Gasteiger charge is 2.00. The van der Waals surface area contributed by atoms with Crippen molar-refractivity contribution < 1.29 is 0 Å². The fourth-order valence-corrected chi connectivity index (χ4v) is 2.35. The van der Waals surface area contributed by atoms with Gasteiger partial charge in [-0.05, 0) is 12.1 Å². The molecule has 0 radical (unpaired) electrons. The van der Waals surface area contributed by atoms with Crippen LogP contribution in [0.4, 0.5) is 0 Å². The predicted molar refractivity (Wildman–Crippen MR) is 63.2 cm³/mol. The molecule has 2 rings (SSSR count). The largest absolute Gasteiger partial charge is 0.255 e. The molecule has 0 aliphatic rings. The van der Waals surface area contributed by atoms with Crippen LogP contribution in [0.1, 0.15) is 0 Å². The molecule has 1 heterocycles. The van der Waals surface area contributed by atoms with E-state index >= 15 is 0 Å². The highest BCUT2D eigenvalue weighted by atomic mass is 35.5. The van der Waals surface area contributed by atoms with Gasteiger partial charge in [-0.3, -0.25) is 4.98 Å². The number of benzene rings is 1. The van der Waals surface area contributed by atoms with Gasteiger partial charge in [-0.25, -0.2) is 0 Å². The van der Waals surface area contributed by atoms with Crippen molar-refractivity contribution in [2.24, 2.45) is 0 Å². The Morgan fingerprint density at radius 1 is 1.21 bits per heavy atom. The minimum Gasteiger partial charge on any atom is -0.255 e. The van der Waals surface area contributed by atoms with Gasteiger partial charge >= 0.3 is 0 Å².